The van der Waals surface area contributed by atoms with E-state index in [1.165, 1.54) is 12.8 Å². The molecule has 4 nitrogen and oxygen atoms in total. The number of unbranched alkanes of at least 4 members (excludes halogenated alkanes) is 1. The van der Waals surface area contributed by atoms with E-state index in [-0.39, 0.29) is 26.9 Å². The summed E-state index contributed by atoms with van der Waals surface area (Å²) in [5.41, 5.74) is 1.12. The number of nitrogens with zero attached hydrogens (tertiary/aromatic N) is 2. The van der Waals surface area contributed by atoms with Gasteiger partial charge in [0.25, 0.3) is 6.47 Å². The molecule has 0 aromatic carbocycles. The SMILES string of the molecule is CCCCc1c[n-]cn1.O=CO.[Pd]. The molecule has 0 aliphatic carbocycles. The van der Waals surface area contributed by atoms with E-state index in [1.54, 1.807) is 6.33 Å². The summed E-state index contributed by atoms with van der Waals surface area (Å²) in [5, 5.41) is 6.89. The molecule has 0 radical (unpaired) electrons. The molecule has 78 valence electrons. The molecule has 1 aromatic heterocycles. The number of carbonyl (C=O) groups is 1. The number of imidazole rings is 1. The summed E-state index contributed by atoms with van der Waals surface area (Å²) in [7, 11) is 0. The molecule has 0 unspecified atom stereocenters. The molecule has 1 rings (SSSR count). The average molecular weight is 276 g/mol. The molecular weight excluding hydrogens is 263 g/mol. The summed E-state index contributed by atoms with van der Waals surface area (Å²) in [5.74, 6) is 0. The van der Waals surface area contributed by atoms with Crippen LogP contribution in [-0.2, 0) is 31.6 Å². The van der Waals surface area contributed by atoms with Gasteiger partial charge in [-0.1, -0.05) is 31.6 Å². The van der Waals surface area contributed by atoms with Crippen molar-refractivity contribution in [3.05, 3.63) is 18.2 Å². The Kier molecular flexibility index (Phi) is 13.0. The van der Waals surface area contributed by atoms with E-state index in [1.807, 2.05) is 6.20 Å². The average Bonchev–Trinajstić information content (AvgIpc) is 2.54. The number of aryl methyl sites for hydroxylation is 1. The van der Waals surface area contributed by atoms with Gasteiger partial charge in [0.1, 0.15) is 0 Å². The van der Waals surface area contributed by atoms with Crippen LogP contribution in [0.25, 0.3) is 0 Å². The molecular formula is C8H13N2O2Pd-. The van der Waals surface area contributed by atoms with E-state index in [0.717, 1.165) is 12.1 Å². The summed E-state index contributed by atoms with van der Waals surface area (Å²) in [4.78, 5) is 16.3. The Balaban J connectivity index is 0. The zero-order valence-corrected chi connectivity index (χ0v) is 8.97. The Bertz CT molecular complexity index is 190. The molecule has 1 heterocycles. The van der Waals surface area contributed by atoms with Gasteiger partial charge in [-0.3, -0.25) is 4.79 Å². The standard InChI is InChI=1S/C7H11N2.CH2O2.Pd/c1-2-3-4-7-5-8-6-9-7;2-1-3;/h5-6H,2-4H2,1H3;1H,(H,2,3);/q-1;;. The minimum Gasteiger partial charge on any atom is -0.483 e. The van der Waals surface area contributed by atoms with Crippen LogP contribution in [0.4, 0.5) is 0 Å². The van der Waals surface area contributed by atoms with Crippen LogP contribution < -0.4 is 4.98 Å². The van der Waals surface area contributed by atoms with Crippen LogP contribution in [0.2, 0.25) is 0 Å². The van der Waals surface area contributed by atoms with E-state index >= 15 is 0 Å². The second-order valence-electron chi connectivity index (χ2n) is 2.22. The van der Waals surface area contributed by atoms with Crippen LogP contribution in [-0.4, -0.2) is 16.6 Å². The zero-order chi connectivity index (χ0) is 9.23. The first-order valence-corrected chi connectivity index (χ1v) is 3.84. The van der Waals surface area contributed by atoms with Gasteiger partial charge in [-0.05, 0) is 12.8 Å². The molecule has 0 atom stereocenters. The first-order chi connectivity index (χ1) is 5.85. The molecule has 0 aliphatic rings. The third-order valence-electron chi connectivity index (χ3n) is 1.30. The van der Waals surface area contributed by atoms with E-state index in [9.17, 15) is 0 Å². The molecule has 0 aliphatic heterocycles. The maximum absolute atomic E-state index is 8.36. The molecule has 0 amide bonds. The Morgan fingerprint density at radius 3 is 2.69 bits per heavy atom. The number of aromatic nitrogens is 2. The van der Waals surface area contributed by atoms with Gasteiger partial charge in [0, 0.05) is 20.4 Å². The van der Waals surface area contributed by atoms with E-state index < -0.39 is 0 Å². The van der Waals surface area contributed by atoms with Crippen molar-refractivity contribution in [3.63, 3.8) is 0 Å². The molecule has 0 spiro atoms. The molecule has 0 saturated heterocycles. The second kappa shape index (κ2) is 11.3. The summed E-state index contributed by atoms with van der Waals surface area (Å²) in [6.45, 7) is 1.93. The Morgan fingerprint density at radius 2 is 2.31 bits per heavy atom. The molecule has 13 heavy (non-hydrogen) atoms. The van der Waals surface area contributed by atoms with Crippen molar-refractivity contribution in [2.75, 3.05) is 0 Å². The molecule has 1 N–H and O–H groups in total. The first-order valence-electron chi connectivity index (χ1n) is 3.84. The maximum atomic E-state index is 8.36. The van der Waals surface area contributed by atoms with Gasteiger partial charge in [-0.2, -0.15) is 0 Å². The minimum absolute atomic E-state index is 0. The molecule has 0 bridgehead atoms. The van der Waals surface area contributed by atoms with Gasteiger partial charge in [0.05, 0.1) is 0 Å². The third kappa shape index (κ3) is 9.25. The van der Waals surface area contributed by atoms with Crippen LogP contribution in [0.1, 0.15) is 25.5 Å². The van der Waals surface area contributed by atoms with Crippen molar-refractivity contribution in [2.45, 2.75) is 26.2 Å². The van der Waals surface area contributed by atoms with Crippen molar-refractivity contribution >= 4 is 6.47 Å². The second-order valence-corrected chi connectivity index (χ2v) is 2.22. The maximum Gasteiger partial charge on any atom is 0.290 e. The Hall–Kier alpha value is -0.658. The van der Waals surface area contributed by atoms with Crippen molar-refractivity contribution in [3.8, 4) is 0 Å². The summed E-state index contributed by atoms with van der Waals surface area (Å²) >= 11 is 0. The van der Waals surface area contributed by atoms with Crippen LogP contribution in [0.3, 0.4) is 0 Å². The van der Waals surface area contributed by atoms with E-state index in [0.29, 0.717) is 0 Å². The smallest absolute Gasteiger partial charge is 0.290 e. The molecule has 0 saturated carbocycles. The Morgan fingerprint density at radius 1 is 1.69 bits per heavy atom. The zero-order valence-electron chi connectivity index (χ0n) is 7.42. The topological polar surface area (TPSA) is 64.3 Å². The minimum atomic E-state index is -0.250. The van der Waals surface area contributed by atoms with Gasteiger partial charge in [-0.15, -0.1) is 0 Å². The number of hydrogen-bond acceptors (Lipinski definition) is 2. The quantitative estimate of drug-likeness (QED) is 0.662. The largest absolute Gasteiger partial charge is 0.483 e. The predicted octanol–water partition coefficient (Wildman–Crippen LogP) is 1.08. The van der Waals surface area contributed by atoms with Crippen LogP contribution in [0.15, 0.2) is 12.5 Å². The van der Waals surface area contributed by atoms with Gasteiger partial charge >= 0.3 is 0 Å². The fourth-order valence-electron chi connectivity index (χ4n) is 0.747. The summed E-state index contributed by atoms with van der Waals surface area (Å²) in [6, 6.07) is 0. The summed E-state index contributed by atoms with van der Waals surface area (Å²) < 4.78 is 0. The van der Waals surface area contributed by atoms with Crippen molar-refractivity contribution in [1.29, 1.82) is 0 Å². The Labute approximate surface area is 91.4 Å². The van der Waals surface area contributed by atoms with Crippen molar-refractivity contribution in [2.24, 2.45) is 0 Å². The van der Waals surface area contributed by atoms with Crippen LogP contribution in [0.5, 0.6) is 0 Å². The number of carboxylic acid groups (broad SMARTS) is 1. The molecule has 0 fully saturated rings. The van der Waals surface area contributed by atoms with Crippen LogP contribution >= 0.6 is 0 Å². The summed E-state index contributed by atoms with van der Waals surface area (Å²) in [6.07, 6.45) is 6.96. The van der Waals surface area contributed by atoms with Gasteiger partial charge in [-0.25, -0.2) is 0 Å². The molecule has 1 aromatic rings. The van der Waals surface area contributed by atoms with E-state index in [2.05, 4.69) is 16.9 Å². The predicted molar refractivity (Wildman–Crippen MR) is 44.9 cm³/mol. The van der Waals surface area contributed by atoms with Gasteiger partial charge in [0.2, 0.25) is 0 Å². The number of rotatable bonds is 3. The molecule has 5 heteroatoms. The van der Waals surface area contributed by atoms with Crippen molar-refractivity contribution in [1.82, 2.24) is 9.97 Å². The number of hydrogen-bond donors (Lipinski definition) is 1. The fraction of sp³-hybridized carbons (Fsp3) is 0.500. The van der Waals surface area contributed by atoms with E-state index in [4.69, 9.17) is 9.90 Å². The fourth-order valence-corrected chi connectivity index (χ4v) is 0.747. The third-order valence-corrected chi connectivity index (χ3v) is 1.30. The van der Waals surface area contributed by atoms with Gasteiger partial charge in [0.15, 0.2) is 0 Å². The van der Waals surface area contributed by atoms with Crippen molar-refractivity contribution < 1.29 is 30.3 Å². The van der Waals surface area contributed by atoms with Crippen LogP contribution in [0, 0.1) is 0 Å². The van der Waals surface area contributed by atoms with Gasteiger partial charge < -0.3 is 15.1 Å². The first kappa shape index (κ1) is 14.8. The monoisotopic (exact) mass is 275 g/mol. The normalized spacial score (nSPS) is 7.77.